The Bertz CT molecular complexity index is 678. The summed E-state index contributed by atoms with van der Waals surface area (Å²) in [5.74, 6) is 0. The first kappa shape index (κ1) is 20.4. The zero-order chi connectivity index (χ0) is 12.5. The van der Waals surface area contributed by atoms with E-state index in [1.165, 1.54) is 22.1 Å². The molecule has 1 N–H and O–H groups in total. The van der Waals surface area contributed by atoms with E-state index in [4.69, 9.17) is 0 Å². The zero-order valence-electron chi connectivity index (χ0n) is 11.7. The number of aliphatic hydroxyl groups is 1. The fourth-order valence-corrected chi connectivity index (χ4v) is 2.73. The van der Waals surface area contributed by atoms with Crippen LogP contribution < -0.4 is 24.8 Å². The molecule has 1 nitrogen and oxygen atoms in total. The van der Waals surface area contributed by atoms with Gasteiger partial charge < -0.3 is 29.9 Å². The SMILES string of the molecule is CC1=C(c2ccc3ccccc3c2CO)CC=C1.[Cl-].[Cl-].[Ti+2]. The Hall–Kier alpha value is -0.566. The van der Waals surface area contributed by atoms with Crippen molar-refractivity contribution in [2.75, 3.05) is 0 Å². The fraction of sp³-hybridized carbons (Fsp3) is 0.176. The molecular weight excluding hydrogens is 339 g/mol. The second kappa shape index (κ2) is 8.77. The molecule has 2 aromatic rings. The van der Waals surface area contributed by atoms with Gasteiger partial charge in [-0.2, -0.15) is 0 Å². The fourth-order valence-electron chi connectivity index (χ4n) is 2.73. The van der Waals surface area contributed by atoms with E-state index in [0.717, 1.165) is 17.4 Å². The molecule has 21 heavy (non-hydrogen) atoms. The van der Waals surface area contributed by atoms with Crippen LogP contribution in [0.25, 0.3) is 16.3 Å². The van der Waals surface area contributed by atoms with E-state index < -0.39 is 0 Å². The maximum Gasteiger partial charge on any atom is 2.00 e. The number of allylic oxidation sites excluding steroid dienone is 4. The Morgan fingerprint density at radius 1 is 1.05 bits per heavy atom. The first-order valence-electron chi connectivity index (χ1n) is 6.29. The van der Waals surface area contributed by atoms with Crippen LogP contribution in [-0.2, 0) is 28.3 Å². The smallest absolute Gasteiger partial charge is 1.00 e. The number of benzene rings is 2. The third-order valence-electron chi connectivity index (χ3n) is 3.69. The van der Waals surface area contributed by atoms with E-state index in [-0.39, 0.29) is 53.1 Å². The number of hydrogen-bond acceptors (Lipinski definition) is 1. The summed E-state index contributed by atoms with van der Waals surface area (Å²) in [4.78, 5) is 0. The Balaban J connectivity index is 0.00000133. The minimum Gasteiger partial charge on any atom is -1.00 e. The monoisotopic (exact) mass is 354 g/mol. The van der Waals surface area contributed by atoms with Crippen LogP contribution in [0, 0.1) is 0 Å². The molecule has 0 unspecified atom stereocenters. The van der Waals surface area contributed by atoms with Gasteiger partial charge in [0.1, 0.15) is 0 Å². The Kier molecular flexibility index (Phi) is 8.54. The quantitative estimate of drug-likeness (QED) is 0.623. The van der Waals surface area contributed by atoms with Crippen LogP contribution in [-0.4, -0.2) is 5.11 Å². The molecule has 2 aromatic carbocycles. The summed E-state index contributed by atoms with van der Waals surface area (Å²) in [6.45, 7) is 2.22. The van der Waals surface area contributed by atoms with Gasteiger partial charge in [-0.15, -0.1) is 0 Å². The number of rotatable bonds is 2. The Labute approximate surface area is 152 Å². The predicted molar refractivity (Wildman–Crippen MR) is 76.2 cm³/mol. The molecule has 0 aliphatic heterocycles. The molecule has 0 radical (unpaired) electrons. The third kappa shape index (κ3) is 3.80. The number of hydrogen-bond donors (Lipinski definition) is 1. The molecule has 1 aliphatic carbocycles. The van der Waals surface area contributed by atoms with Gasteiger partial charge >= 0.3 is 21.7 Å². The van der Waals surface area contributed by atoms with Crippen molar-refractivity contribution in [1.82, 2.24) is 0 Å². The topological polar surface area (TPSA) is 20.2 Å². The zero-order valence-corrected chi connectivity index (χ0v) is 14.8. The minimum atomic E-state index is 0. The predicted octanol–water partition coefficient (Wildman–Crippen LogP) is -1.93. The van der Waals surface area contributed by atoms with E-state index in [2.05, 4.69) is 43.3 Å². The van der Waals surface area contributed by atoms with Crippen LogP contribution in [0.2, 0.25) is 0 Å². The molecule has 0 bridgehead atoms. The number of fused-ring (bicyclic) bond motifs is 1. The van der Waals surface area contributed by atoms with Gasteiger partial charge in [-0.25, -0.2) is 0 Å². The van der Waals surface area contributed by atoms with Gasteiger partial charge in [0, 0.05) is 0 Å². The van der Waals surface area contributed by atoms with Gasteiger partial charge in [-0.1, -0.05) is 48.6 Å². The molecule has 4 heteroatoms. The normalized spacial score (nSPS) is 12.7. The first-order chi connectivity index (χ1) is 8.81. The minimum absolute atomic E-state index is 0. The van der Waals surface area contributed by atoms with Crippen molar-refractivity contribution in [3.63, 3.8) is 0 Å². The summed E-state index contributed by atoms with van der Waals surface area (Å²) in [7, 11) is 0. The molecule has 0 fully saturated rings. The van der Waals surface area contributed by atoms with Crippen molar-refractivity contribution >= 4 is 16.3 Å². The molecule has 0 amide bonds. The number of halogens is 2. The van der Waals surface area contributed by atoms with E-state index >= 15 is 0 Å². The van der Waals surface area contributed by atoms with Crippen LogP contribution in [0.1, 0.15) is 24.5 Å². The second-order valence-corrected chi connectivity index (χ2v) is 4.74. The van der Waals surface area contributed by atoms with Gasteiger partial charge in [-0.05, 0) is 46.4 Å². The first-order valence-corrected chi connectivity index (χ1v) is 6.29. The summed E-state index contributed by atoms with van der Waals surface area (Å²) < 4.78 is 0. The van der Waals surface area contributed by atoms with Gasteiger partial charge in [0.2, 0.25) is 0 Å². The van der Waals surface area contributed by atoms with Crippen molar-refractivity contribution in [2.24, 2.45) is 0 Å². The summed E-state index contributed by atoms with van der Waals surface area (Å²) >= 11 is 0. The Morgan fingerprint density at radius 3 is 2.38 bits per heavy atom. The van der Waals surface area contributed by atoms with Crippen molar-refractivity contribution in [1.29, 1.82) is 0 Å². The number of aliphatic hydroxyl groups excluding tert-OH is 1. The van der Waals surface area contributed by atoms with Crippen LogP contribution in [0.3, 0.4) is 0 Å². The van der Waals surface area contributed by atoms with Gasteiger partial charge in [-0.3, -0.25) is 0 Å². The van der Waals surface area contributed by atoms with E-state index in [9.17, 15) is 5.11 Å². The van der Waals surface area contributed by atoms with Crippen molar-refractivity contribution < 1.29 is 51.6 Å². The summed E-state index contributed by atoms with van der Waals surface area (Å²) in [6, 6.07) is 12.5. The maximum atomic E-state index is 9.72. The van der Waals surface area contributed by atoms with E-state index in [1.807, 2.05) is 12.1 Å². The Morgan fingerprint density at radius 2 is 1.76 bits per heavy atom. The molecular formula is C17H16Cl2OTi. The van der Waals surface area contributed by atoms with Gasteiger partial charge in [0.05, 0.1) is 6.61 Å². The second-order valence-electron chi connectivity index (χ2n) is 4.74. The molecule has 3 rings (SSSR count). The molecule has 0 spiro atoms. The van der Waals surface area contributed by atoms with Crippen molar-refractivity contribution in [3.8, 4) is 0 Å². The summed E-state index contributed by atoms with van der Waals surface area (Å²) in [6.07, 6.45) is 5.31. The van der Waals surface area contributed by atoms with Crippen molar-refractivity contribution in [3.05, 3.63) is 65.3 Å². The maximum absolute atomic E-state index is 9.72. The average molecular weight is 355 g/mol. The van der Waals surface area contributed by atoms with Crippen LogP contribution in [0.15, 0.2) is 54.1 Å². The van der Waals surface area contributed by atoms with Crippen LogP contribution in [0.5, 0.6) is 0 Å². The molecule has 0 atom stereocenters. The molecule has 0 saturated carbocycles. The third-order valence-corrected chi connectivity index (χ3v) is 3.69. The summed E-state index contributed by atoms with van der Waals surface area (Å²) in [5.41, 5.74) is 4.88. The molecule has 0 aromatic heterocycles. The van der Waals surface area contributed by atoms with E-state index in [0.29, 0.717) is 0 Å². The van der Waals surface area contributed by atoms with Gasteiger partial charge in [0.15, 0.2) is 0 Å². The average Bonchev–Trinajstić information content (AvgIpc) is 2.83. The van der Waals surface area contributed by atoms with Crippen molar-refractivity contribution in [2.45, 2.75) is 20.0 Å². The van der Waals surface area contributed by atoms with Crippen LogP contribution in [0.4, 0.5) is 0 Å². The van der Waals surface area contributed by atoms with Gasteiger partial charge in [0.25, 0.3) is 0 Å². The van der Waals surface area contributed by atoms with Crippen LogP contribution >= 0.6 is 0 Å². The van der Waals surface area contributed by atoms with E-state index in [1.54, 1.807) is 0 Å². The molecule has 0 saturated heterocycles. The molecule has 0 heterocycles. The summed E-state index contributed by atoms with van der Waals surface area (Å²) in [5, 5.41) is 12.1. The largest absolute Gasteiger partial charge is 2.00 e. The molecule has 1 aliphatic rings. The molecule has 108 valence electrons. The standard InChI is InChI=1S/C17H16O.2ClH.Ti/c1-12-5-4-8-14(12)16-10-9-13-6-2-3-7-15(13)17(16)11-18;;;/h2-7,9-10,18H,8,11H2,1H3;2*1H;/q;;;+2/p-2.